The van der Waals surface area contributed by atoms with E-state index in [0.29, 0.717) is 5.56 Å². The Labute approximate surface area is 109 Å². The molecule has 1 aliphatic rings. The van der Waals surface area contributed by atoms with Gasteiger partial charge in [-0.3, -0.25) is 9.69 Å². The lowest BCUT2D eigenvalue weighted by Crippen LogP contribution is -2.32. The zero-order valence-electron chi connectivity index (χ0n) is 11.1. The Hall–Kier alpha value is -1.35. The molecule has 1 amide bonds. The van der Waals surface area contributed by atoms with Gasteiger partial charge in [0.25, 0.3) is 0 Å². The number of benzene rings is 1. The van der Waals surface area contributed by atoms with Crippen LogP contribution in [0, 0.1) is 0 Å². The number of carbonyl (C=O) groups excluding carboxylic acids is 1. The molecule has 1 aromatic carbocycles. The van der Waals surface area contributed by atoms with Crippen LogP contribution in [0.5, 0.6) is 0 Å². The SMILES string of the molecule is CCN(Cc1ccc(C(N)=O)cc1)C1CCCC1. The Morgan fingerprint density at radius 3 is 2.39 bits per heavy atom. The normalized spacial score (nSPS) is 16.3. The number of hydrogen-bond acceptors (Lipinski definition) is 2. The third-order valence-corrected chi connectivity index (χ3v) is 3.87. The highest BCUT2D eigenvalue weighted by atomic mass is 16.1. The van der Waals surface area contributed by atoms with E-state index in [1.807, 2.05) is 24.3 Å². The first-order chi connectivity index (χ1) is 8.70. The summed E-state index contributed by atoms with van der Waals surface area (Å²) >= 11 is 0. The molecule has 98 valence electrons. The number of hydrogen-bond donors (Lipinski definition) is 1. The molecule has 1 aromatic rings. The van der Waals surface area contributed by atoms with Gasteiger partial charge in [0.15, 0.2) is 0 Å². The Balaban J connectivity index is 2.00. The highest BCUT2D eigenvalue weighted by Gasteiger charge is 2.21. The first-order valence-electron chi connectivity index (χ1n) is 6.83. The van der Waals surface area contributed by atoms with Gasteiger partial charge >= 0.3 is 0 Å². The lowest BCUT2D eigenvalue weighted by atomic mass is 10.1. The van der Waals surface area contributed by atoms with Crippen LogP contribution in [0.4, 0.5) is 0 Å². The van der Waals surface area contributed by atoms with Gasteiger partial charge in [-0.1, -0.05) is 31.9 Å². The maximum absolute atomic E-state index is 11.0. The summed E-state index contributed by atoms with van der Waals surface area (Å²) in [6.07, 6.45) is 5.38. The Bertz CT molecular complexity index is 393. The summed E-state index contributed by atoms with van der Waals surface area (Å²) in [5.41, 5.74) is 7.09. The van der Waals surface area contributed by atoms with Crippen LogP contribution in [0.1, 0.15) is 48.5 Å². The van der Waals surface area contributed by atoms with Crippen molar-refractivity contribution in [3.63, 3.8) is 0 Å². The summed E-state index contributed by atoms with van der Waals surface area (Å²) in [5, 5.41) is 0. The van der Waals surface area contributed by atoms with E-state index in [-0.39, 0.29) is 5.91 Å². The van der Waals surface area contributed by atoms with Gasteiger partial charge in [-0.2, -0.15) is 0 Å². The topological polar surface area (TPSA) is 46.3 Å². The molecule has 0 bridgehead atoms. The van der Waals surface area contributed by atoms with Crippen molar-refractivity contribution in [2.45, 2.75) is 45.2 Å². The molecular weight excluding hydrogens is 224 g/mol. The van der Waals surface area contributed by atoms with E-state index in [4.69, 9.17) is 5.73 Å². The van der Waals surface area contributed by atoms with Crippen molar-refractivity contribution in [3.8, 4) is 0 Å². The van der Waals surface area contributed by atoms with E-state index in [1.54, 1.807) is 0 Å². The molecule has 0 radical (unpaired) electrons. The fraction of sp³-hybridized carbons (Fsp3) is 0.533. The van der Waals surface area contributed by atoms with Crippen LogP contribution < -0.4 is 5.73 Å². The second-order valence-electron chi connectivity index (χ2n) is 5.06. The van der Waals surface area contributed by atoms with Crippen molar-refractivity contribution in [1.29, 1.82) is 0 Å². The van der Waals surface area contributed by atoms with Crippen LogP contribution in [0.25, 0.3) is 0 Å². The van der Waals surface area contributed by atoms with Crippen molar-refractivity contribution in [3.05, 3.63) is 35.4 Å². The Morgan fingerprint density at radius 1 is 1.28 bits per heavy atom. The van der Waals surface area contributed by atoms with Crippen LogP contribution in [-0.2, 0) is 6.54 Å². The van der Waals surface area contributed by atoms with Crippen molar-refractivity contribution in [2.75, 3.05) is 6.54 Å². The van der Waals surface area contributed by atoms with E-state index < -0.39 is 0 Å². The molecule has 2 rings (SSSR count). The highest BCUT2D eigenvalue weighted by molar-refractivity contribution is 5.92. The monoisotopic (exact) mass is 246 g/mol. The lowest BCUT2D eigenvalue weighted by Gasteiger charge is -2.27. The molecule has 0 heterocycles. The summed E-state index contributed by atoms with van der Waals surface area (Å²) in [5.74, 6) is -0.357. The zero-order valence-corrected chi connectivity index (χ0v) is 11.1. The summed E-state index contributed by atoms with van der Waals surface area (Å²) < 4.78 is 0. The summed E-state index contributed by atoms with van der Waals surface area (Å²) in [6, 6.07) is 8.40. The van der Waals surface area contributed by atoms with E-state index in [9.17, 15) is 4.79 Å². The number of nitrogens with zero attached hydrogens (tertiary/aromatic N) is 1. The van der Waals surface area contributed by atoms with Gasteiger partial charge in [-0.05, 0) is 37.1 Å². The second-order valence-corrected chi connectivity index (χ2v) is 5.06. The average molecular weight is 246 g/mol. The van der Waals surface area contributed by atoms with E-state index in [2.05, 4.69) is 11.8 Å². The fourth-order valence-electron chi connectivity index (χ4n) is 2.78. The van der Waals surface area contributed by atoms with Gasteiger partial charge in [0, 0.05) is 18.2 Å². The maximum atomic E-state index is 11.0. The van der Waals surface area contributed by atoms with Crippen LogP contribution in [0.2, 0.25) is 0 Å². The molecule has 3 nitrogen and oxygen atoms in total. The van der Waals surface area contributed by atoms with Crippen LogP contribution >= 0.6 is 0 Å². The van der Waals surface area contributed by atoms with Gasteiger partial charge in [0.05, 0.1) is 0 Å². The Morgan fingerprint density at radius 2 is 1.89 bits per heavy atom. The second kappa shape index (κ2) is 6.01. The van der Waals surface area contributed by atoms with Gasteiger partial charge in [0.1, 0.15) is 0 Å². The van der Waals surface area contributed by atoms with Gasteiger partial charge in [-0.15, -0.1) is 0 Å². The molecule has 3 heteroatoms. The van der Waals surface area contributed by atoms with Crippen molar-refractivity contribution in [2.24, 2.45) is 5.73 Å². The van der Waals surface area contributed by atoms with Crippen molar-refractivity contribution in [1.82, 2.24) is 4.90 Å². The molecule has 0 aliphatic heterocycles. The molecule has 1 saturated carbocycles. The molecule has 0 atom stereocenters. The predicted molar refractivity (Wildman–Crippen MR) is 73.3 cm³/mol. The summed E-state index contributed by atoms with van der Waals surface area (Å²) in [6.45, 7) is 4.28. The first kappa shape index (κ1) is 13.1. The quantitative estimate of drug-likeness (QED) is 0.868. The molecule has 18 heavy (non-hydrogen) atoms. The minimum atomic E-state index is -0.357. The van der Waals surface area contributed by atoms with Gasteiger partial charge < -0.3 is 5.73 Å². The molecule has 0 saturated heterocycles. The number of carbonyl (C=O) groups is 1. The van der Waals surface area contributed by atoms with Crippen LogP contribution in [0.3, 0.4) is 0 Å². The lowest BCUT2D eigenvalue weighted by molar-refractivity contribution is 0.1000. The van der Waals surface area contributed by atoms with Gasteiger partial charge in [0.2, 0.25) is 5.91 Å². The van der Waals surface area contributed by atoms with Crippen molar-refractivity contribution >= 4 is 5.91 Å². The molecule has 1 fully saturated rings. The first-order valence-corrected chi connectivity index (χ1v) is 6.83. The molecular formula is C15H22N2O. The fourth-order valence-corrected chi connectivity index (χ4v) is 2.78. The highest BCUT2D eigenvalue weighted by Crippen LogP contribution is 2.24. The number of primary amides is 1. The molecule has 0 aromatic heterocycles. The summed E-state index contributed by atoms with van der Waals surface area (Å²) in [7, 11) is 0. The largest absolute Gasteiger partial charge is 0.366 e. The third-order valence-electron chi connectivity index (χ3n) is 3.87. The van der Waals surface area contributed by atoms with Crippen LogP contribution in [-0.4, -0.2) is 23.4 Å². The molecule has 1 aliphatic carbocycles. The number of amides is 1. The molecule has 0 unspecified atom stereocenters. The van der Waals surface area contributed by atoms with Gasteiger partial charge in [-0.25, -0.2) is 0 Å². The van der Waals surface area contributed by atoms with E-state index >= 15 is 0 Å². The maximum Gasteiger partial charge on any atom is 0.248 e. The molecule has 2 N–H and O–H groups in total. The van der Waals surface area contributed by atoms with E-state index in [1.165, 1.54) is 31.2 Å². The van der Waals surface area contributed by atoms with E-state index in [0.717, 1.165) is 19.1 Å². The average Bonchev–Trinajstić information content (AvgIpc) is 2.90. The molecule has 0 spiro atoms. The summed E-state index contributed by atoms with van der Waals surface area (Å²) in [4.78, 5) is 13.5. The van der Waals surface area contributed by atoms with Crippen molar-refractivity contribution < 1.29 is 4.79 Å². The zero-order chi connectivity index (χ0) is 13.0. The standard InChI is InChI=1S/C15H22N2O/c1-2-17(14-5-3-4-6-14)11-12-7-9-13(10-8-12)15(16)18/h7-10,14H,2-6,11H2,1H3,(H2,16,18). The third kappa shape index (κ3) is 3.10. The minimum Gasteiger partial charge on any atom is -0.366 e. The number of rotatable bonds is 5. The minimum absolute atomic E-state index is 0.357. The number of nitrogens with two attached hydrogens (primary N) is 1. The van der Waals surface area contributed by atoms with Crippen LogP contribution in [0.15, 0.2) is 24.3 Å². The smallest absolute Gasteiger partial charge is 0.248 e. The Kier molecular flexibility index (Phi) is 4.37. The predicted octanol–water partition coefficient (Wildman–Crippen LogP) is 2.55.